The fourth-order valence-electron chi connectivity index (χ4n) is 4.28. The maximum atomic E-state index is 13.9. The number of methoxy groups -OCH3 is 2. The number of phenolic OH excluding ortho intramolecular Hbond substituents is 1. The van der Waals surface area contributed by atoms with Gasteiger partial charge in [0.25, 0.3) is 5.56 Å². The highest BCUT2D eigenvalue weighted by Crippen LogP contribution is 2.41. The average molecular weight is 682 g/mol. The lowest BCUT2D eigenvalue weighted by Crippen LogP contribution is -2.40. The monoisotopic (exact) mass is 680 g/mol. The van der Waals surface area contributed by atoms with Gasteiger partial charge in [-0.3, -0.25) is 9.36 Å². The Hall–Kier alpha value is -3.09. The molecule has 0 aliphatic carbocycles. The van der Waals surface area contributed by atoms with Crippen molar-refractivity contribution in [3.63, 3.8) is 0 Å². The number of esters is 1. The third-order valence-corrected chi connectivity index (χ3v) is 8.10. The zero-order valence-corrected chi connectivity index (χ0v) is 25.8. The molecule has 3 aromatic rings. The van der Waals surface area contributed by atoms with Crippen LogP contribution in [0.2, 0.25) is 0 Å². The van der Waals surface area contributed by atoms with E-state index in [2.05, 4.69) is 36.9 Å². The Bertz CT molecular complexity index is 1660. The van der Waals surface area contributed by atoms with Crippen molar-refractivity contribution in [1.82, 2.24) is 4.57 Å². The third-order valence-electron chi connectivity index (χ3n) is 5.97. The number of aromatic hydroxyl groups is 1. The molecule has 39 heavy (non-hydrogen) atoms. The minimum absolute atomic E-state index is 0.106. The van der Waals surface area contributed by atoms with E-state index in [1.165, 1.54) is 18.8 Å². The number of rotatable bonds is 8. The predicted molar refractivity (Wildman–Crippen MR) is 155 cm³/mol. The molecule has 2 heterocycles. The highest BCUT2D eigenvalue weighted by molar-refractivity contribution is 9.10. The third kappa shape index (κ3) is 5.50. The van der Waals surface area contributed by atoms with E-state index in [1.807, 2.05) is 6.92 Å². The number of carbonyl (C=O) groups is 1. The highest BCUT2D eigenvalue weighted by Gasteiger charge is 2.35. The topological polar surface area (TPSA) is 109 Å². The molecule has 1 atom stereocenters. The van der Waals surface area contributed by atoms with Gasteiger partial charge in [0.1, 0.15) is 0 Å². The molecule has 0 bridgehead atoms. The molecular weight excluding hydrogens is 656 g/mol. The Balaban J connectivity index is 2.02. The summed E-state index contributed by atoms with van der Waals surface area (Å²) in [6, 6.07) is 5.92. The zero-order valence-electron chi connectivity index (χ0n) is 21.8. The standard InChI is InChI=1S/C27H26Br2N2O7S/c1-6-37-19-12-17(29)16(11-18(19)35-4)23-22(26(34)38-7-2)13(3)30-27-31(23)25(33)21(39-27)9-14-8-15(28)10-20(36-5)24(14)32/h8-12,23,32H,6-7H2,1-5H3/b21-9+/t23-/m1/s1. The van der Waals surface area contributed by atoms with E-state index >= 15 is 0 Å². The van der Waals surface area contributed by atoms with Crippen LogP contribution in [0.4, 0.5) is 0 Å². The van der Waals surface area contributed by atoms with Gasteiger partial charge in [-0.1, -0.05) is 43.2 Å². The van der Waals surface area contributed by atoms with Gasteiger partial charge in [0, 0.05) is 14.5 Å². The molecule has 1 aliphatic rings. The molecule has 0 spiro atoms. The lowest BCUT2D eigenvalue weighted by molar-refractivity contribution is -0.139. The zero-order chi connectivity index (χ0) is 28.4. The maximum absolute atomic E-state index is 13.9. The largest absolute Gasteiger partial charge is 0.504 e. The number of aromatic nitrogens is 1. The van der Waals surface area contributed by atoms with E-state index in [4.69, 9.17) is 18.9 Å². The van der Waals surface area contributed by atoms with E-state index in [0.717, 1.165) is 11.3 Å². The molecule has 9 nitrogen and oxygen atoms in total. The first kappa shape index (κ1) is 28.9. The van der Waals surface area contributed by atoms with Crippen LogP contribution < -0.4 is 29.1 Å². The van der Waals surface area contributed by atoms with E-state index in [-0.39, 0.29) is 23.7 Å². The Morgan fingerprint density at radius 1 is 1.10 bits per heavy atom. The molecule has 0 amide bonds. The number of hydrogen-bond donors (Lipinski definition) is 1. The maximum Gasteiger partial charge on any atom is 0.338 e. The lowest BCUT2D eigenvalue weighted by Gasteiger charge is -2.26. The van der Waals surface area contributed by atoms with Gasteiger partial charge >= 0.3 is 5.97 Å². The summed E-state index contributed by atoms with van der Waals surface area (Å²) in [6.07, 6.45) is 1.57. The molecule has 0 radical (unpaired) electrons. The van der Waals surface area contributed by atoms with Crippen LogP contribution in [0.15, 0.2) is 54.3 Å². The summed E-state index contributed by atoms with van der Waals surface area (Å²) in [5, 5.41) is 10.7. The summed E-state index contributed by atoms with van der Waals surface area (Å²) < 4.78 is 24.9. The Morgan fingerprint density at radius 3 is 2.46 bits per heavy atom. The molecule has 0 unspecified atom stereocenters. The Labute approximate surface area is 245 Å². The second-order valence-electron chi connectivity index (χ2n) is 8.31. The molecule has 1 N–H and O–H groups in total. The Kier molecular flexibility index (Phi) is 8.87. The van der Waals surface area contributed by atoms with E-state index in [0.29, 0.717) is 53.2 Å². The molecule has 4 rings (SSSR count). The lowest BCUT2D eigenvalue weighted by atomic mass is 9.95. The van der Waals surface area contributed by atoms with Gasteiger partial charge in [0.15, 0.2) is 27.8 Å². The molecule has 2 aromatic carbocycles. The number of phenols is 1. The van der Waals surface area contributed by atoms with Gasteiger partial charge in [0.05, 0.1) is 49.3 Å². The fraction of sp³-hybridized carbons (Fsp3) is 0.296. The highest BCUT2D eigenvalue weighted by atomic mass is 79.9. The molecule has 1 aliphatic heterocycles. The number of thiazole rings is 1. The molecule has 0 saturated heterocycles. The van der Waals surface area contributed by atoms with Crippen LogP contribution in [0.25, 0.3) is 6.08 Å². The number of fused-ring (bicyclic) bond motifs is 1. The molecule has 0 fully saturated rings. The van der Waals surface area contributed by atoms with Crippen molar-refractivity contribution in [3.8, 4) is 23.0 Å². The normalized spacial score (nSPS) is 15.1. The quantitative estimate of drug-likeness (QED) is 0.350. The second kappa shape index (κ2) is 12.0. The van der Waals surface area contributed by atoms with E-state index in [9.17, 15) is 14.7 Å². The van der Waals surface area contributed by atoms with Crippen LogP contribution in [0.5, 0.6) is 23.0 Å². The molecule has 206 valence electrons. The molecule has 12 heteroatoms. The number of nitrogens with zero attached hydrogens (tertiary/aromatic N) is 2. The summed E-state index contributed by atoms with van der Waals surface area (Å²) in [5.41, 5.74) is 1.24. The summed E-state index contributed by atoms with van der Waals surface area (Å²) in [7, 11) is 2.97. The van der Waals surface area contributed by atoms with Gasteiger partial charge in [-0.05, 0) is 56.7 Å². The van der Waals surface area contributed by atoms with Crippen molar-refractivity contribution in [1.29, 1.82) is 0 Å². The van der Waals surface area contributed by atoms with Crippen molar-refractivity contribution in [2.45, 2.75) is 26.8 Å². The number of carbonyl (C=O) groups excluding carboxylic acids is 1. The number of allylic oxidation sites excluding steroid dienone is 1. The predicted octanol–water partition coefficient (Wildman–Crippen LogP) is 4.44. The van der Waals surface area contributed by atoms with Crippen molar-refractivity contribution in [3.05, 3.63) is 75.3 Å². The van der Waals surface area contributed by atoms with Crippen LogP contribution in [-0.2, 0) is 9.53 Å². The Morgan fingerprint density at radius 2 is 1.82 bits per heavy atom. The SMILES string of the molecule is CCOC(=O)C1=C(C)N=c2s/c(=C/c3cc(Br)cc(OC)c3O)c(=O)n2[C@@H]1c1cc(OC)c(OCC)cc1Br. The van der Waals surface area contributed by atoms with E-state index < -0.39 is 17.6 Å². The van der Waals surface area contributed by atoms with Crippen LogP contribution in [-0.4, -0.2) is 43.1 Å². The minimum atomic E-state index is -0.868. The van der Waals surface area contributed by atoms with Gasteiger partial charge < -0.3 is 24.1 Å². The first-order valence-corrected chi connectivity index (χ1v) is 14.3. The van der Waals surface area contributed by atoms with Crippen LogP contribution in [0.1, 0.15) is 37.9 Å². The summed E-state index contributed by atoms with van der Waals surface area (Å²) >= 11 is 8.16. The van der Waals surface area contributed by atoms with Gasteiger partial charge in [-0.2, -0.15) is 0 Å². The smallest absolute Gasteiger partial charge is 0.338 e. The number of hydrogen-bond acceptors (Lipinski definition) is 9. The van der Waals surface area contributed by atoms with Crippen molar-refractivity contribution in [2.75, 3.05) is 27.4 Å². The van der Waals surface area contributed by atoms with Crippen molar-refractivity contribution >= 4 is 55.2 Å². The van der Waals surface area contributed by atoms with Gasteiger partial charge in [0.2, 0.25) is 0 Å². The molecular formula is C27H26Br2N2O7S. The number of benzene rings is 2. The molecule has 0 saturated carbocycles. The van der Waals surface area contributed by atoms with Gasteiger partial charge in [-0.25, -0.2) is 9.79 Å². The first-order chi connectivity index (χ1) is 18.6. The minimum Gasteiger partial charge on any atom is -0.504 e. The van der Waals surface area contributed by atoms with Crippen molar-refractivity contribution < 1.29 is 28.8 Å². The van der Waals surface area contributed by atoms with Crippen LogP contribution in [0, 0.1) is 0 Å². The second-order valence-corrected chi connectivity index (χ2v) is 11.1. The van der Waals surface area contributed by atoms with E-state index in [1.54, 1.807) is 44.2 Å². The fourth-order valence-corrected chi connectivity index (χ4v) is 6.31. The van der Waals surface area contributed by atoms with Crippen LogP contribution >= 0.6 is 43.2 Å². The average Bonchev–Trinajstić information content (AvgIpc) is 3.19. The summed E-state index contributed by atoms with van der Waals surface area (Å²) in [5.74, 6) is 0.534. The first-order valence-electron chi connectivity index (χ1n) is 11.9. The van der Waals surface area contributed by atoms with Crippen LogP contribution in [0.3, 0.4) is 0 Å². The number of halogens is 2. The summed E-state index contributed by atoms with van der Waals surface area (Å²) in [4.78, 5) is 32.1. The number of ether oxygens (including phenoxy) is 4. The van der Waals surface area contributed by atoms with Gasteiger partial charge in [-0.15, -0.1) is 0 Å². The van der Waals surface area contributed by atoms with Crippen molar-refractivity contribution in [2.24, 2.45) is 4.99 Å². The molecule has 1 aromatic heterocycles. The summed E-state index contributed by atoms with van der Waals surface area (Å²) in [6.45, 7) is 5.87.